The number of hydrogen-bond acceptors (Lipinski definition) is 4. The summed E-state index contributed by atoms with van der Waals surface area (Å²) in [5.74, 6) is -0.398. The molecule has 1 aromatic carbocycles. The lowest BCUT2D eigenvalue weighted by atomic mass is 10.1. The molecular weight excluding hydrogens is 232 g/mol. The number of amides is 1. The standard InChI is InChI=1S/C13H18N2O3/c1-2-5-15(9-7-14-8-9)13(18)11-4-3-10(16)6-12(11)17/h3-4,6,9,14,16-17H,2,5,7-8H2,1H3. The molecule has 1 amide bonds. The van der Waals surface area contributed by atoms with Gasteiger partial charge in [-0.3, -0.25) is 4.79 Å². The third kappa shape index (κ3) is 2.41. The van der Waals surface area contributed by atoms with Gasteiger partial charge < -0.3 is 20.4 Å². The second-order valence-corrected chi connectivity index (χ2v) is 4.51. The summed E-state index contributed by atoms with van der Waals surface area (Å²) in [6.07, 6.45) is 0.876. The number of carbonyl (C=O) groups is 1. The van der Waals surface area contributed by atoms with Gasteiger partial charge in [0, 0.05) is 25.7 Å². The third-order valence-electron chi connectivity index (χ3n) is 3.14. The molecule has 3 N–H and O–H groups in total. The molecule has 0 atom stereocenters. The lowest BCUT2D eigenvalue weighted by Crippen LogP contribution is -2.59. The zero-order chi connectivity index (χ0) is 13.1. The van der Waals surface area contributed by atoms with E-state index in [1.54, 1.807) is 4.90 Å². The number of phenolic OH excluding ortho intramolecular Hbond substituents is 2. The second-order valence-electron chi connectivity index (χ2n) is 4.51. The van der Waals surface area contributed by atoms with Gasteiger partial charge in [-0.2, -0.15) is 0 Å². The molecule has 1 aliphatic heterocycles. The Balaban J connectivity index is 2.21. The van der Waals surface area contributed by atoms with E-state index in [2.05, 4.69) is 5.32 Å². The normalized spacial score (nSPS) is 15.2. The van der Waals surface area contributed by atoms with Crippen molar-refractivity contribution in [3.63, 3.8) is 0 Å². The van der Waals surface area contributed by atoms with Crippen LogP contribution < -0.4 is 5.32 Å². The minimum absolute atomic E-state index is 0.0450. The van der Waals surface area contributed by atoms with Crippen LogP contribution in [0.5, 0.6) is 11.5 Å². The SMILES string of the molecule is CCCN(C(=O)c1ccc(O)cc1O)C1CNC1. The maximum atomic E-state index is 12.4. The Labute approximate surface area is 106 Å². The average molecular weight is 250 g/mol. The molecule has 0 aromatic heterocycles. The van der Waals surface area contributed by atoms with Gasteiger partial charge >= 0.3 is 0 Å². The predicted molar refractivity (Wildman–Crippen MR) is 67.8 cm³/mol. The van der Waals surface area contributed by atoms with Crippen molar-refractivity contribution in [2.75, 3.05) is 19.6 Å². The van der Waals surface area contributed by atoms with Gasteiger partial charge in [0.25, 0.3) is 5.91 Å². The van der Waals surface area contributed by atoms with Crippen molar-refractivity contribution in [1.82, 2.24) is 10.2 Å². The highest BCUT2D eigenvalue weighted by Gasteiger charge is 2.29. The fourth-order valence-corrected chi connectivity index (χ4v) is 2.04. The van der Waals surface area contributed by atoms with Crippen LogP contribution in [0.25, 0.3) is 0 Å². The molecule has 1 aromatic rings. The van der Waals surface area contributed by atoms with Crippen LogP contribution in [-0.4, -0.2) is 46.7 Å². The number of hydrogen-bond donors (Lipinski definition) is 3. The summed E-state index contributed by atoms with van der Waals surface area (Å²) in [7, 11) is 0. The topological polar surface area (TPSA) is 72.8 Å². The summed E-state index contributed by atoms with van der Waals surface area (Å²) in [4.78, 5) is 14.1. The van der Waals surface area contributed by atoms with Gasteiger partial charge in [-0.05, 0) is 18.6 Å². The second kappa shape index (κ2) is 5.27. The Kier molecular flexibility index (Phi) is 3.72. The molecule has 0 radical (unpaired) electrons. The van der Waals surface area contributed by atoms with E-state index >= 15 is 0 Å². The molecule has 0 bridgehead atoms. The summed E-state index contributed by atoms with van der Waals surface area (Å²) in [6, 6.07) is 4.26. The average Bonchev–Trinajstić information content (AvgIpc) is 2.25. The number of phenols is 2. The van der Waals surface area contributed by atoms with Gasteiger partial charge in [0.15, 0.2) is 0 Å². The Bertz CT molecular complexity index is 444. The van der Waals surface area contributed by atoms with Crippen molar-refractivity contribution in [3.05, 3.63) is 23.8 Å². The molecule has 1 aliphatic rings. The molecule has 0 saturated carbocycles. The first-order chi connectivity index (χ1) is 8.63. The van der Waals surface area contributed by atoms with E-state index < -0.39 is 0 Å². The molecule has 2 rings (SSSR count). The number of nitrogens with one attached hydrogen (secondary N) is 1. The summed E-state index contributed by atoms with van der Waals surface area (Å²) >= 11 is 0. The van der Waals surface area contributed by atoms with Crippen molar-refractivity contribution in [2.24, 2.45) is 0 Å². The van der Waals surface area contributed by atoms with E-state index in [1.165, 1.54) is 18.2 Å². The van der Waals surface area contributed by atoms with E-state index in [0.717, 1.165) is 19.5 Å². The van der Waals surface area contributed by atoms with Crippen molar-refractivity contribution in [3.8, 4) is 11.5 Å². The molecule has 0 aliphatic carbocycles. The van der Waals surface area contributed by atoms with Crippen molar-refractivity contribution in [1.29, 1.82) is 0 Å². The maximum absolute atomic E-state index is 12.4. The Morgan fingerprint density at radius 2 is 2.17 bits per heavy atom. The summed E-state index contributed by atoms with van der Waals surface area (Å²) < 4.78 is 0. The third-order valence-corrected chi connectivity index (χ3v) is 3.14. The highest BCUT2D eigenvalue weighted by Crippen LogP contribution is 2.25. The monoisotopic (exact) mass is 250 g/mol. The summed E-state index contributed by atoms with van der Waals surface area (Å²) in [5.41, 5.74) is 0.244. The Morgan fingerprint density at radius 1 is 1.44 bits per heavy atom. The first-order valence-corrected chi connectivity index (χ1v) is 6.17. The Morgan fingerprint density at radius 3 is 2.67 bits per heavy atom. The number of nitrogens with zero attached hydrogens (tertiary/aromatic N) is 1. The van der Waals surface area contributed by atoms with Crippen molar-refractivity contribution in [2.45, 2.75) is 19.4 Å². The highest BCUT2D eigenvalue weighted by molar-refractivity contribution is 5.97. The van der Waals surface area contributed by atoms with Gasteiger partial charge in [0.2, 0.25) is 0 Å². The van der Waals surface area contributed by atoms with Crippen LogP contribution in [0.1, 0.15) is 23.7 Å². The first-order valence-electron chi connectivity index (χ1n) is 6.17. The van der Waals surface area contributed by atoms with Gasteiger partial charge in [-0.25, -0.2) is 0 Å². The zero-order valence-electron chi connectivity index (χ0n) is 10.4. The maximum Gasteiger partial charge on any atom is 0.257 e. The lowest BCUT2D eigenvalue weighted by molar-refractivity contribution is 0.0613. The van der Waals surface area contributed by atoms with Crippen LogP contribution in [0.15, 0.2) is 18.2 Å². The molecule has 98 valence electrons. The number of benzene rings is 1. The number of rotatable bonds is 4. The van der Waals surface area contributed by atoms with Crippen molar-refractivity contribution >= 4 is 5.91 Å². The highest BCUT2D eigenvalue weighted by atomic mass is 16.3. The molecule has 5 heteroatoms. The minimum Gasteiger partial charge on any atom is -0.508 e. The molecular formula is C13H18N2O3. The molecule has 5 nitrogen and oxygen atoms in total. The first kappa shape index (κ1) is 12.7. The molecule has 0 spiro atoms. The van der Waals surface area contributed by atoms with Gasteiger partial charge in [-0.15, -0.1) is 0 Å². The quantitative estimate of drug-likeness (QED) is 0.743. The largest absolute Gasteiger partial charge is 0.508 e. The number of aromatic hydroxyl groups is 2. The lowest BCUT2D eigenvalue weighted by Gasteiger charge is -2.38. The summed E-state index contributed by atoms with van der Waals surface area (Å²) in [6.45, 7) is 4.28. The molecule has 1 fully saturated rings. The van der Waals surface area contributed by atoms with E-state index in [-0.39, 0.29) is 29.0 Å². The van der Waals surface area contributed by atoms with Crippen LogP contribution in [0.3, 0.4) is 0 Å². The molecule has 1 saturated heterocycles. The van der Waals surface area contributed by atoms with Crippen molar-refractivity contribution < 1.29 is 15.0 Å². The number of carbonyl (C=O) groups excluding carboxylic acids is 1. The molecule has 18 heavy (non-hydrogen) atoms. The Hall–Kier alpha value is -1.75. The van der Waals surface area contributed by atoms with Gasteiger partial charge in [0.1, 0.15) is 11.5 Å². The zero-order valence-corrected chi connectivity index (χ0v) is 10.4. The van der Waals surface area contributed by atoms with Crippen LogP contribution in [0.2, 0.25) is 0 Å². The van der Waals surface area contributed by atoms with Gasteiger partial charge in [-0.1, -0.05) is 6.92 Å². The van der Waals surface area contributed by atoms with E-state index in [0.29, 0.717) is 6.54 Å². The van der Waals surface area contributed by atoms with Crippen LogP contribution in [0.4, 0.5) is 0 Å². The van der Waals surface area contributed by atoms with Gasteiger partial charge in [0.05, 0.1) is 11.6 Å². The van der Waals surface area contributed by atoms with E-state index in [1.807, 2.05) is 6.92 Å². The van der Waals surface area contributed by atoms with Crippen LogP contribution in [0, 0.1) is 0 Å². The van der Waals surface area contributed by atoms with Crippen LogP contribution >= 0.6 is 0 Å². The fraction of sp³-hybridized carbons (Fsp3) is 0.462. The summed E-state index contributed by atoms with van der Waals surface area (Å²) in [5, 5.41) is 22.1. The smallest absolute Gasteiger partial charge is 0.257 e. The molecule has 1 heterocycles. The molecule has 0 unspecified atom stereocenters. The fourth-order valence-electron chi connectivity index (χ4n) is 2.04. The van der Waals surface area contributed by atoms with E-state index in [4.69, 9.17) is 0 Å². The van der Waals surface area contributed by atoms with E-state index in [9.17, 15) is 15.0 Å². The van der Waals surface area contributed by atoms with Crippen LogP contribution in [-0.2, 0) is 0 Å². The predicted octanol–water partition coefficient (Wildman–Crippen LogP) is 0.922. The minimum atomic E-state index is -0.180.